The van der Waals surface area contributed by atoms with Crippen molar-refractivity contribution in [3.05, 3.63) is 60.7 Å². The summed E-state index contributed by atoms with van der Waals surface area (Å²) in [5.74, 6) is 1.32. The van der Waals surface area contributed by atoms with Crippen molar-refractivity contribution >= 4 is 11.7 Å². The lowest BCUT2D eigenvalue weighted by Crippen LogP contribution is -2.31. The number of nitrogens with one attached hydrogen (secondary N) is 2. The molecule has 1 aromatic heterocycles. The maximum Gasteiger partial charge on any atom is 0.319 e. The maximum atomic E-state index is 12.3. The number of amides is 2. The zero-order valence-corrected chi connectivity index (χ0v) is 14.8. The van der Waals surface area contributed by atoms with Crippen LogP contribution in [0.1, 0.15) is 18.5 Å². The van der Waals surface area contributed by atoms with Crippen molar-refractivity contribution in [3.63, 3.8) is 0 Å². The van der Waals surface area contributed by atoms with Gasteiger partial charge in [-0.15, -0.1) is 0 Å². The van der Waals surface area contributed by atoms with Gasteiger partial charge in [-0.05, 0) is 36.8 Å². The van der Waals surface area contributed by atoms with E-state index in [1.54, 1.807) is 29.2 Å². The molecule has 2 aromatic carbocycles. The lowest BCUT2D eigenvalue weighted by molar-refractivity contribution is 0.171. The largest absolute Gasteiger partial charge is 0.486 e. The summed E-state index contributed by atoms with van der Waals surface area (Å²) in [4.78, 5) is 16.2. The third-order valence-electron chi connectivity index (χ3n) is 4.22. The van der Waals surface area contributed by atoms with E-state index in [9.17, 15) is 4.79 Å². The van der Waals surface area contributed by atoms with Crippen LogP contribution >= 0.6 is 0 Å². The summed E-state index contributed by atoms with van der Waals surface area (Å²) in [5, 5.41) is 9.83. The summed E-state index contributed by atoms with van der Waals surface area (Å²) in [6, 6.07) is 12.6. The fourth-order valence-corrected chi connectivity index (χ4v) is 2.83. The molecular formula is C19H19N5O3. The zero-order chi connectivity index (χ0) is 18.6. The van der Waals surface area contributed by atoms with E-state index in [-0.39, 0.29) is 12.1 Å². The number of anilines is 1. The van der Waals surface area contributed by atoms with Crippen molar-refractivity contribution in [2.75, 3.05) is 18.5 Å². The number of rotatable bonds is 4. The summed E-state index contributed by atoms with van der Waals surface area (Å²) in [5.41, 5.74) is 2.53. The van der Waals surface area contributed by atoms with Crippen molar-refractivity contribution in [1.82, 2.24) is 20.1 Å². The van der Waals surface area contributed by atoms with Crippen molar-refractivity contribution in [2.24, 2.45) is 0 Å². The van der Waals surface area contributed by atoms with Crippen LogP contribution in [0.4, 0.5) is 10.5 Å². The topological polar surface area (TPSA) is 90.3 Å². The molecule has 1 aliphatic heterocycles. The molecule has 138 valence electrons. The van der Waals surface area contributed by atoms with Gasteiger partial charge in [0.2, 0.25) is 0 Å². The molecule has 0 radical (unpaired) electrons. The Labute approximate surface area is 156 Å². The van der Waals surface area contributed by atoms with Crippen LogP contribution in [0.3, 0.4) is 0 Å². The molecule has 1 atom stereocenters. The third kappa shape index (κ3) is 3.84. The lowest BCUT2D eigenvalue weighted by Gasteiger charge is -2.19. The summed E-state index contributed by atoms with van der Waals surface area (Å²) in [6.45, 7) is 2.96. The highest BCUT2D eigenvalue weighted by molar-refractivity contribution is 5.90. The van der Waals surface area contributed by atoms with Crippen LogP contribution in [0.15, 0.2) is 55.1 Å². The zero-order valence-electron chi connectivity index (χ0n) is 14.8. The molecule has 4 rings (SSSR count). The molecule has 0 saturated carbocycles. The number of nitrogens with zero attached hydrogens (tertiary/aromatic N) is 3. The molecule has 2 N–H and O–H groups in total. The molecule has 1 unspecified atom stereocenters. The number of fused-ring (bicyclic) bond motifs is 1. The Hall–Kier alpha value is -3.55. The van der Waals surface area contributed by atoms with E-state index in [1.807, 2.05) is 31.2 Å². The van der Waals surface area contributed by atoms with E-state index in [2.05, 4.69) is 20.7 Å². The quantitative estimate of drug-likeness (QED) is 0.742. The minimum Gasteiger partial charge on any atom is -0.486 e. The van der Waals surface area contributed by atoms with Gasteiger partial charge in [0.05, 0.1) is 11.7 Å². The van der Waals surface area contributed by atoms with Crippen molar-refractivity contribution < 1.29 is 14.3 Å². The highest BCUT2D eigenvalue weighted by Crippen LogP contribution is 2.32. The minimum atomic E-state index is -0.292. The van der Waals surface area contributed by atoms with Gasteiger partial charge in [-0.25, -0.2) is 14.5 Å². The molecule has 3 aromatic rings. The molecule has 8 nitrogen and oxygen atoms in total. The van der Waals surface area contributed by atoms with Crippen LogP contribution in [0.25, 0.3) is 5.69 Å². The molecule has 0 aliphatic carbocycles. The smallest absolute Gasteiger partial charge is 0.319 e. The highest BCUT2D eigenvalue weighted by atomic mass is 16.6. The molecule has 2 heterocycles. The Kier molecular flexibility index (Phi) is 4.61. The number of benzene rings is 2. The van der Waals surface area contributed by atoms with E-state index < -0.39 is 0 Å². The van der Waals surface area contributed by atoms with Crippen LogP contribution < -0.4 is 20.1 Å². The van der Waals surface area contributed by atoms with Gasteiger partial charge in [0.25, 0.3) is 0 Å². The second kappa shape index (κ2) is 7.36. The molecule has 8 heteroatoms. The lowest BCUT2D eigenvalue weighted by atomic mass is 10.1. The summed E-state index contributed by atoms with van der Waals surface area (Å²) in [6.07, 6.45) is 3.12. The second-order valence-electron chi connectivity index (χ2n) is 6.11. The van der Waals surface area contributed by atoms with E-state index >= 15 is 0 Å². The standard InChI is InChI=1S/C19H19N5O3/c1-13(14-2-5-16(6-3-14)24-12-20-11-21-24)22-19(25)23-15-4-7-17-18(10-15)27-9-8-26-17/h2-7,10-13H,8-9H2,1H3,(H2,22,23,25). The van der Waals surface area contributed by atoms with Crippen LogP contribution in [-0.2, 0) is 0 Å². The second-order valence-corrected chi connectivity index (χ2v) is 6.11. The van der Waals surface area contributed by atoms with Gasteiger partial charge in [-0.1, -0.05) is 12.1 Å². The van der Waals surface area contributed by atoms with E-state index in [1.165, 1.54) is 6.33 Å². The van der Waals surface area contributed by atoms with Gasteiger partial charge >= 0.3 is 6.03 Å². The predicted molar refractivity (Wildman–Crippen MR) is 99.4 cm³/mol. The van der Waals surface area contributed by atoms with Gasteiger partial charge < -0.3 is 20.1 Å². The average Bonchev–Trinajstić information content (AvgIpc) is 3.23. The Bertz CT molecular complexity index is 925. The number of hydrogen-bond donors (Lipinski definition) is 2. The maximum absolute atomic E-state index is 12.3. The first-order chi connectivity index (χ1) is 13.2. The van der Waals surface area contributed by atoms with E-state index in [0.29, 0.717) is 30.4 Å². The molecule has 2 amide bonds. The molecule has 0 fully saturated rings. The number of hydrogen-bond acceptors (Lipinski definition) is 5. The third-order valence-corrected chi connectivity index (χ3v) is 4.22. The normalized spacial score (nSPS) is 13.7. The van der Waals surface area contributed by atoms with Gasteiger partial charge in [0, 0.05) is 11.8 Å². The number of carbonyl (C=O) groups excluding carboxylic acids is 1. The van der Waals surface area contributed by atoms with Crippen LogP contribution in [0.2, 0.25) is 0 Å². The molecule has 1 aliphatic rings. The summed E-state index contributed by atoms with van der Waals surface area (Å²) in [7, 11) is 0. The van der Waals surface area contributed by atoms with Crippen LogP contribution in [0, 0.1) is 0 Å². The monoisotopic (exact) mass is 365 g/mol. The van der Waals surface area contributed by atoms with Crippen molar-refractivity contribution in [2.45, 2.75) is 13.0 Å². The van der Waals surface area contributed by atoms with Crippen molar-refractivity contribution in [3.8, 4) is 17.2 Å². The molecule has 27 heavy (non-hydrogen) atoms. The van der Waals surface area contributed by atoms with Gasteiger partial charge in [-0.2, -0.15) is 5.10 Å². The number of ether oxygens (including phenoxy) is 2. The van der Waals surface area contributed by atoms with E-state index in [4.69, 9.17) is 9.47 Å². The molecule has 0 saturated heterocycles. The first-order valence-electron chi connectivity index (χ1n) is 8.61. The van der Waals surface area contributed by atoms with E-state index in [0.717, 1.165) is 11.3 Å². The Morgan fingerprint density at radius 3 is 2.63 bits per heavy atom. The Balaban J connectivity index is 1.37. The average molecular weight is 365 g/mol. The van der Waals surface area contributed by atoms with Gasteiger partial charge in [-0.3, -0.25) is 0 Å². The van der Waals surface area contributed by atoms with Crippen LogP contribution in [0.5, 0.6) is 11.5 Å². The minimum absolute atomic E-state index is 0.160. The number of urea groups is 1. The Morgan fingerprint density at radius 1 is 1.11 bits per heavy atom. The molecular weight excluding hydrogens is 346 g/mol. The van der Waals surface area contributed by atoms with Gasteiger partial charge in [0.1, 0.15) is 25.9 Å². The number of carbonyl (C=O) groups is 1. The van der Waals surface area contributed by atoms with Crippen LogP contribution in [-0.4, -0.2) is 34.0 Å². The van der Waals surface area contributed by atoms with Gasteiger partial charge in [0.15, 0.2) is 11.5 Å². The molecule has 0 spiro atoms. The fraction of sp³-hybridized carbons (Fsp3) is 0.211. The first kappa shape index (κ1) is 16.9. The summed E-state index contributed by atoms with van der Waals surface area (Å²) >= 11 is 0. The first-order valence-corrected chi connectivity index (χ1v) is 8.61. The number of aromatic nitrogens is 3. The van der Waals surface area contributed by atoms with Crippen molar-refractivity contribution in [1.29, 1.82) is 0 Å². The summed E-state index contributed by atoms with van der Waals surface area (Å²) < 4.78 is 12.7. The molecule has 0 bridgehead atoms. The SMILES string of the molecule is CC(NC(=O)Nc1ccc2c(c1)OCCO2)c1ccc(-n2cncn2)cc1. The fourth-order valence-electron chi connectivity index (χ4n) is 2.83. The Morgan fingerprint density at radius 2 is 1.89 bits per heavy atom. The highest BCUT2D eigenvalue weighted by Gasteiger charge is 2.14. The predicted octanol–water partition coefficient (Wildman–Crippen LogP) is 2.92.